The molecule has 1 atom stereocenters. The zero-order valence-electron chi connectivity index (χ0n) is 15.8. The Kier molecular flexibility index (Phi) is 6.28. The summed E-state index contributed by atoms with van der Waals surface area (Å²) >= 11 is 0. The second-order valence-electron chi connectivity index (χ2n) is 7.31. The third kappa shape index (κ3) is 5.43. The molecule has 4 nitrogen and oxygen atoms in total. The highest BCUT2D eigenvalue weighted by Gasteiger charge is 2.25. The normalized spacial score (nSPS) is 17.1. The topological polar surface area (TPSA) is 32.8 Å². The second-order valence-corrected chi connectivity index (χ2v) is 7.31. The van der Waals surface area contributed by atoms with Crippen molar-refractivity contribution in [3.63, 3.8) is 0 Å². The van der Waals surface area contributed by atoms with E-state index in [0.29, 0.717) is 30.3 Å². The molecule has 0 N–H and O–H groups in total. The largest absolute Gasteiger partial charge is 0.379 e. The molecule has 0 radical (unpaired) electrons. The molecule has 0 amide bonds. The number of hydroxylamine groups is 2. The third-order valence-corrected chi connectivity index (χ3v) is 4.72. The zero-order chi connectivity index (χ0) is 19.2. The van der Waals surface area contributed by atoms with Gasteiger partial charge in [-0.25, -0.2) is 14.2 Å². The molecule has 0 aromatic heterocycles. The minimum atomic E-state index is -0.316. The highest BCUT2D eigenvalue weighted by atomic mass is 19.1. The van der Waals surface area contributed by atoms with Gasteiger partial charge in [-0.15, -0.1) is 0 Å². The van der Waals surface area contributed by atoms with E-state index < -0.39 is 0 Å². The van der Waals surface area contributed by atoms with Crippen LogP contribution in [0.4, 0.5) is 4.39 Å². The smallest absolute Gasteiger partial charge is 0.155 e. The molecule has 2 aromatic rings. The fourth-order valence-corrected chi connectivity index (χ4v) is 3.38. The van der Waals surface area contributed by atoms with Crippen molar-refractivity contribution in [3.05, 3.63) is 71.2 Å². The Morgan fingerprint density at radius 2 is 1.78 bits per heavy atom. The molecule has 0 aliphatic carbocycles. The van der Waals surface area contributed by atoms with Crippen molar-refractivity contribution in [1.29, 1.82) is 0 Å². The summed E-state index contributed by atoms with van der Waals surface area (Å²) < 4.78 is 13.0. The molecule has 1 heterocycles. The van der Waals surface area contributed by atoms with Crippen molar-refractivity contribution in [1.82, 2.24) is 9.96 Å². The van der Waals surface area contributed by atoms with Gasteiger partial charge in [0.1, 0.15) is 17.5 Å². The van der Waals surface area contributed by atoms with E-state index in [1.165, 1.54) is 23.3 Å². The number of piperidine rings is 1. The Morgan fingerprint density at radius 3 is 2.41 bits per heavy atom. The van der Waals surface area contributed by atoms with Crippen LogP contribution in [0, 0.1) is 11.7 Å². The molecule has 0 bridgehead atoms. The summed E-state index contributed by atoms with van der Waals surface area (Å²) in [5.41, 5.74) is 3.08. The predicted octanol–water partition coefficient (Wildman–Crippen LogP) is 3.85. The molecular weight excluding hydrogens is 343 g/mol. The maximum Gasteiger partial charge on any atom is 0.155 e. The molecular formula is C22H25FN2O2. The quantitative estimate of drug-likeness (QED) is 0.725. The van der Waals surface area contributed by atoms with Gasteiger partial charge < -0.3 is 9.74 Å². The van der Waals surface area contributed by atoms with Gasteiger partial charge in [0.15, 0.2) is 5.75 Å². The molecule has 1 unspecified atom stereocenters. The third-order valence-electron chi connectivity index (χ3n) is 4.72. The maximum absolute atomic E-state index is 13.0. The van der Waals surface area contributed by atoms with E-state index in [1.54, 1.807) is 17.2 Å². The SMILES string of the molecule is CN(C)Cc1ccc(CC2CCN(Oc3ccc(F)cc3)C(=C=O)C2)cc1. The summed E-state index contributed by atoms with van der Waals surface area (Å²) in [5.74, 6) is 2.60. The first kappa shape index (κ1) is 19.2. The van der Waals surface area contributed by atoms with Crippen LogP contribution in [0.5, 0.6) is 5.75 Å². The second kappa shape index (κ2) is 8.85. The van der Waals surface area contributed by atoms with Crippen molar-refractivity contribution >= 4 is 5.94 Å². The van der Waals surface area contributed by atoms with Gasteiger partial charge in [-0.05, 0) is 68.2 Å². The fourth-order valence-electron chi connectivity index (χ4n) is 3.38. The first-order valence-electron chi connectivity index (χ1n) is 9.21. The Labute approximate surface area is 159 Å². The van der Waals surface area contributed by atoms with Gasteiger partial charge in [-0.3, -0.25) is 0 Å². The monoisotopic (exact) mass is 368 g/mol. The standard InChI is InChI=1S/C22H25FN2O2/c1-24(2)15-18-5-3-17(4-6-18)13-19-11-12-25(21(14-19)16-26)27-22-9-7-20(23)8-10-22/h3-10,19H,11-15H2,1-2H3. The lowest BCUT2D eigenvalue weighted by Gasteiger charge is -2.33. The number of hydrogen-bond donors (Lipinski definition) is 0. The van der Waals surface area contributed by atoms with Crippen LogP contribution < -0.4 is 4.84 Å². The van der Waals surface area contributed by atoms with E-state index in [9.17, 15) is 9.18 Å². The highest BCUT2D eigenvalue weighted by molar-refractivity contribution is 5.51. The summed E-state index contributed by atoms with van der Waals surface area (Å²) in [4.78, 5) is 19.3. The molecule has 5 heteroatoms. The van der Waals surface area contributed by atoms with Gasteiger partial charge in [0.25, 0.3) is 0 Å². The van der Waals surface area contributed by atoms with Crippen LogP contribution in [0.25, 0.3) is 0 Å². The minimum absolute atomic E-state index is 0.316. The van der Waals surface area contributed by atoms with E-state index in [-0.39, 0.29) is 5.82 Å². The number of carbonyl (C=O) groups excluding carboxylic acids is 1. The molecule has 0 saturated carbocycles. The van der Waals surface area contributed by atoms with Crippen molar-refractivity contribution in [3.8, 4) is 5.75 Å². The maximum atomic E-state index is 13.0. The number of rotatable bonds is 6. The Balaban J connectivity index is 1.58. The average molecular weight is 368 g/mol. The van der Waals surface area contributed by atoms with Gasteiger partial charge >= 0.3 is 0 Å². The average Bonchev–Trinajstić information content (AvgIpc) is 2.66. The molecule has 2 aromatic carbocycles. The van der Waals surface area contributed by atoms with E-state index >= 15 is 0 Å². The summed E-state index contributed by atoms with van der Waals surface area (Å²) in [6.07, 6.45) is 2.48. The van der Waals surface area contributed by atoms with E-state index in [1.807, 2.05) is 5.94 Å². The number of benzene rings is 2. The first-order chi connectivity index (χ1) is 13.0. The zero-order valence-corrected chi connectivity index (χ0v) is 15.8. The molecule has 27 heavy (non-hydrogen) atoms. The van der Waals surface area contributed by atoms with Crippen molar-refractivity contribution < 1.29 is 14.0 Å². The molecule has 0 spiro atoms. The number of halogens is 1. The van der Waals surface area contributed by atoms with Crippen LogP contribution >= 0.6 is 0 Å². The van der Waals surface area contributed by atoms with Crippen molar-refractivity contribution in [2.24, 2.45) is 5.92 Å². The van der Waals surface area contributed by atoms with Crippen LogP contribution in [0.2, 0.25) is 0 Å². The van der Waals surface area contributed by atoms with Gasteiger partial charge in [0.05, 0.1) is 6.54 Å². The van der Waals surface area contributed by atoms with Crippen LogP contribution in [-0.4, -0.2) is 36.5 Å². The first-order valence-corrected chi connectivity index (χ1v) is 9.21. The molecule has 142 valence electrons. The van der Waals surface area contributed by atoms with Crippen LogP contribution in [-0.2, 0) is 17.8 Å². The summed E-state index contributed by atoms with van der Waals surface area (Å²) in [6.45, 7) is 1.54. The summed E-state index contributed by atoms with van der Waals surface area (Å²) in [6, 6.07) is 14.5. The number of nitrogens with zero attached hydrogens (tertiary/aromatic N) is 2. The lowest BCUT2D eigenvalue weighted by atomic mass is 9.89. The Morgan fingerprint density at radius 1 is 1.11 bits per heavy atom. The van der Waals surface area contributed by atoms with Gasteiger partial charge in [-0.1, -0.05) is 24.3 Å². The van der Waals surface area contributed by atoms with Gasteiger partial charge in [0, 0.05) is 13.0 Å². The molecule has 1 fully saturated rings. The van der Waals surface area contributed by atoms with E-state index in [0.717, 1.165) is 19.4 Å². The highest BCUT2D eigenvalue weighted by Crippen LogP contribution is 2.28. The lowest BCUT2D eigenvalue weighted by Crippen LogP contribution is -2.35. The van der Waals surface area contributed by atoms with Gasteiger partial charge in [-0.2, -0.15) is 0 Å². The number of allylic oxidation sites excluding steroid dienone is 1. The molecule has 1 aliphatic heterocycles. The van der Waals surface area contributed by atoms with E-state index in [2.05, 4.69) is 43.3 Å². The van der Waals surface area contributed by atoms with E-state index in [4.69, 9.17) is 4.84 Å². The Bertz CT molecular complexity index is 796. The van der Waals surface area contributed by atoms with Crippen molar-refractivity contribution in [2.45, 2.75) is 25.8 Å². The van der Waals surface area contributed by atoms with Crippen LogP contribution in [0.3, 0.4) is 0 Å². The molecule has 1 aliphatic rings. The Hall–Kier alpha value is -2.62. The fraction of sp³-hybridized carbons (Fsp3) is 0.364. The van der Waals surface area contributed by atoms with Crippen molar-refractivity contribution in [2.75, 3.05) is 20.6 Å². The van der Waals surface area contributed by atoms with Gasteiger partial charge in [0.2, 0.25) is 0 Å². The number of hydrogen-bond acceptors (Lipinski definition) is 4. The lowest BCUT2D eigenvalue weighted by molar-refractivity contribution is -0.0439. The molecule has 3 rings (SSSR count). The summed E-state index contributed by atoms with van der Waals surface area (Å²) in [5, 5.41) is 1.58. The predicted molar refractivity (Wildman–Crippen MR) is 103 cm³/mol. The van der Waals surface area contributed by atoms with Crippen LogP contribution in [0.1, 0.15) is 24.0 Å². The minimum Gasteiger partial charge on any atom is -0.379 e. The summed E-state index contributed by atoms with van der Waals surface area (Å²) in [7, 11) is 4.12. The molecule has 1 saturated heterocycles. The van der Waals surface area contributed by atoms with Crippen LogP contribution in [0.15, 0.2) is 54.2 Å².